The molecule has 1 aromatic heterocycles. The van der Waals surface area contributed by atoms with Gasteiger partial charge in [-0.2, -0.15) is 0 Å². The third-order valence-electron chi connectivity index (χ3n) is 6.37. The second-order valence-electron chi connectivity index (χ2n) is 8.74. The number of carbonyl (C=O) groups is 1. The summed E-state index contributed by atoms with van der Waals surface area (Å²) in [5.74, 6) is -0.154. The Balaban J connectivity index is 0.00000306. The maximum absolute atomic E-state index is 12.4. The third kappa shape index (κ3) is 5.38. The number of hydrogen-bond donors (Lipinski definition) is 2. The fourth-order valence-corrected chi connectivity index (χ4v) is 4.95. The van der Waals surface area contributed by atoms with Crippen LogP contribution in [0.25, 0.3) is 22.0 Å². The first-order valence-corrected chi connectivity index (χ1v) is 11.5. The molecule has 2 N–H and O–H groups in total. The van der Waals surface area contributed by atoms with Gasteiger partial charge in [-0.15, -0.1) is 12.4 Å². The fourth-order valence-electron chi connectivity index (χ4n) is 4.47. The number of carbonyl (C=O) groups excluding carboxylic acids is 1. The lowest BCUT2D eigenvalue weighted by Crippen LogP contribution is -2.36. The molecule has 1 aliphatic rings. The molecule has 1 heterocycles. The van der Waals surface area contributed by atoms with Crippen molar-refractivity contribution in [3.63, 3.8) is 0 Å². The molecule has 8 heteroatoms. The number of pyridine rings is 1. The summed E-state index contributed by atoms with van der Waals surface area (Å²) < 4.78 is 0. The van der Waals surface area contributed by atoms with Crippen molar-refractivity contribution < 1.29 is 9.90 Å². The van der Waals surface area contributed by atoms with Gasteiger partial charge in [0.1, 0.15) is 0 Å². The van der Waals surface area contributed by atoms with Gasteiger partial charge in [-0.1, -0.05) is 29.3 Å². The summed E-state index contributed by atoms with van der Waals surface area (Å²) in [6, 6.07) is 10.1. The van der Waals surface area contributed by atoms with Crippen molar-refractivity contribution in [2.45, 2.75) is 44.7 Å². The van der Waals surface area contributed by atoms with Crippen LogP contribution in [0.3, 0.4) is 0 Å². The van der Waals surface area contributed by atoms with E-state index in [2.05, 4.69) is 29.3 Å². The number of hydrogen-bond acceptors (Lipinski definition) is 5. The minimum absolute atomic E-state index is 0. The van der Waals surface area contributed by atoms with E-state index < -0.39 is 0 Å². The zero-order valence-electron chi connectivity index (χ0n) is 18.9. The second-order valence-corrected chi connectivity index (χ2v) is 9.55. The largest absolute Gasteiger partial charge is 0.505 e. The Morgan fingerprint density at radius 1 is 1.06 bits per heavy atom. The van der Waals surface area contributed by atoms with Crippen LogP contribution in [0.5, 0.6) is 5.75 Å². The monoisotopic (exact) mass is 507 g/mol. The first-order valence-electron chi connectivity index (χ1n) is 10.8. The topological polar surface area (TPSA) is 65.5 Å². The number of benzene rings is 2. The van der Waals surface area contributed by atoms with E-state index in [0.717, 1.165) is 53.4 Å². The molecule has 0 spiro atoms. The van der Waals surface area contributed by atoms with Gasteiger partial charge in [0.25, 0.3) is 0 Å². The van der Waals surface area contributed by atoms with E-state index >= 15 is 0 Å². The molecule has 1 fully saturated rings. The molecule has 1 aliphatic carbocycles. The third-order valence-corrected chi connectivity index (χ3v) is 6.95. The highest BCUT2D eigenvalue weighted by Crippen LogP contribution is 2.38. The smallest absolute Gasteiger partial charge is 0.163 e. The number of fused-ring (bicyclic) bond motifs is 1. The van der Waals surface area contributed by atoms with Gasteiger partial charge in [0, 0.05) is 23.7 Å². The number of rotatable bonds is 5. The van der Waals surface area contributed by atoms with Crippen LogP contribution >= 0.6 is 35.6 Å². The van der Waals surface area contributed by atoms with E-state index in [-0.39, 0.29) is 34.0 Å². The van der Waals surface area contributed by atoms with Crippen LogP contribution in [-0.2, 0) is 0 Å². The van der Waals surface area contributed by atoms with Crippen molar-refractivity contribution in [2.24, 2.45) is 0 Å². The molecular weight excluding hydrogens is 481 g/mol. The van der Waals surface area contributed by atoms with Crippen molar-refractivity contribution in [3.8, 4) is 16.9 Å². The number of anilines is 1. The van der Waals surface area contributed by atoms with E-state index in [1.54, 1.807) is 25.3 Å². The average Bonchev–Trinajstić information content (AvgIpc) is 2.77. The van der Waals surface area contributed by atoms with Gasteiger partial charge in [0.2, 0.25) is 0 Å². The van der Waals surface area contributed by atoms with Crippen LogP contribution in [0.1, 0.15) is 43.0 Å². The summed E-state index contributed by atoms with van der Waals surface area (Å²) in [5, 5.41) is 14.8. The molecular formula is C25H28Cl3N3O2. The summed E-state index contributed by atoms with van der Waals surface area (Å²) in [7, 11) is 4.26. The lowest BCUT2D eigenvalue weighted by atomic mass is 9.90. The minimum atomic E-state index is -0.130. The van der Waals surface area contributed by atoms with Crippen LogP contribution in [-0.4, -0.2) is 47.0 Å². The average molecular weight is 509 g/mol. The van der Waals surface area contributed by atoms with Gasteiger partial charge < -0.3 is 15.3 Å². The summed E-state index contributed by atoms with van der Waals surface area (Å²) in [6.45, 7) is 1.57. The molecule has 176 valence electrons. The Bertz CT molecular complexity index is 1150. The van der Waals surface area contributed by atoms with Gasteiger partial charge in [-0.25, -0.2) is 0 Å². The lowest BCUT2D eigenvalue weighted by Gasteiger charge is -2.34. The van der Waals surface area contributed by atoms with Crippen molar-refractivity contribution in [2.75, 3.05) is 19.4 Å². The highest BCUT2D eigenvalue weighted by Gasteiger charge is 2.24. The van der Waals surface area contributed by atoms with Crippen LogP contribution < -0.4 is 5.32 Å². The Morgan fingerprint density at radius 2 is 1.70 bits per heavy atom. The zero-order chi connectivity index (χ0) is 23.0. The number of aromatic hydroxyl groups is 1. The number of halogens is 3. The standard InChI is InChI=1S/C25H27Cl2N3O2.ClH/c1-14(31)20-13-28-23-9-4-15(16-11-21(26)25(32)22(27)12-16)10-19(23)24(20)29-17-5-7-18(8-6-17)30(2)3;/h4,9-13,17-18,32H,5-8H2,1-3H3,(H,28,29);1H/t17-,18-;. The van der Waals surface area contributed by atoms with Gasteiger partial charge in [0.05, 0.1) is 26.8 Å². The summed E-state index contributed by atoms with van der Waals surface area (Å²) in [6.07, 6.45) is 6.00. The Kier molecular flexibility index (Phi) is 8.12. The normalized spacial score (nSPS) is 18.2. The van der Waals surface area contributed by atoms with Crippen molar-refractivity contribution in [1.82, 2.24) is 9.88 Å². The van der Waals surface area contributed by atoms with Crippen molar-refractivity contribution in [3.05, 3.63) is 52.1 Å². The van der Waals surface area contributed by atoms with Crippen LogP contribution in [0.4, 0.5) is 5.69 Å². The van der Waals surface area contributed by atoms with E-state index in [9.17, 15) is 9.90 Å². The van der Waals surface area contributed by atoms with Gasteiger partial charge in [-0.05, 0) is 82.1 Å². The molecule has 33 heavy (non-hydrogen) atoms. The molecule has 0 atom stereocenters. The molecule has 0 amide bonds. The molecule has 0 unspecified atom stereocenters. The fraction of sp³-hybridized carbons (Fsp3) is 0.360. The summed E-state index contributed by atoms with van der Waals surface area (Å²) in [5.41, 5.74) is 3.88. The second kappa shape index (κ2) is 10.5. The number of Topliss-reactive ketones (excluding diaryl/α,β-unsaturated/α-hetero) is 1. The molecule has 0 radical (unpaired) electrons. The molecule has 0 aliphatic heterocycles. The Morgan fingerprint density at radius 3 is 2.27 bits per heavy atom. The summed E-state index contributed by atoms with van der Waals surface area (Å²) >= 11 is 12.3. The number of nitrogens with one attached hydrogen (secondary N) is 1. The number of aromatic nitrogens is 1. The lowest BCUT2D eigenvalue weighted by molar-refractivity contribution is 0.101. The van der Waals surface area contributed by atoms with Crippen LogP contribution in [0, 0.1) is 0 Å². The van der Waals surface area contributed by atoms with Crippen LogP contribution in [0.15, 0.2) is 36.5 Å². The minimum Gasteiger partial charge on any atom is -0.505 e. The molecule has 4 rings (SSSR count). The maximum atomic E-state index is 12.4. The predicted molar refractivity (Wildman–Crippen MR) is 139 cm³/mol. The van der Waals surface area contributed by atoms with E-state index in [4.69, 9.17) is 23.2 Å². The Hall–Kier alpha value is -2.05. The highest BCUT2D eigenvalue weighted by atomic mass is 35.5. The first-order chi connectivity index (χ1) is 15.2. The highest BCUT2D eigenvalue weighted by molar-refractivity contribution is 6.37. The van der Waals surface area contributed by atoms with Gasteiger partial charge in [-0.3, -0.25) is 9.78 Å². The summed E-state index contributed by atoms with van der Waals surface area (Å²) in [4.78, 5) is 19.2. The number of nitrogens with zero attached hydrogens (tertiary/aromatic N) is 2. The number of phenolic OH excluding ortho intramolecular Hbond substituents is 1. The van der Waals surface area contributed by atoms with Crippen molar-refractivity contribution in [1.29, 1.82) is 0 Å². The van der Waals surface area contributed by atoms with Crippen LogP contribution in [0.2, 0.25) is 10.0 Å². The van der Waals surface area contributed by atoms with Crippen molar-refractivity contribution >= 4 is 58.0 Å². The Labute approximate surface area is 210 Å². The predicted octanol–water partition coefficient (Wildman–Crippen LogP) is 6.82. The zero-order valence-corrected chi connectivity index (χ0v) is 21.2. The van der Waals surface area contributed by atoms with E-state index in [0.29, 0.717) is 17.6 Å². The molecule has 0 saturated heterocycles. The molecule has 5 nitrogen and oxygen atoms in total. The number of phenols is 1. The quantitative estimate of drug-likeness (QED) is 0.370. The maximum Gasteiger partial charge on any atom is 0.163 e. The SMILES string of the molecule is CC(=O)c1cnc2ccc(-c3cc(Cl)c(O)c(Cl)c3)cc2c1N[C@H]1CC[C@H](N(C)C)CC1.Cl. The van der Waals surface area contributed by atoms with E-state index in [1.807, 2.05) is 18.2 Å². The van der Waals surface area contributed by atoms with E-state index in [1.165, 1.54) is 0 Å². The molecule has 2 aromatic carbocycles. The first kappa shape index (κ1) is 25.6. The molecule has 1 saturated carbocycles. The molecule has 3 aromatic rings. The van der Waals surface area contributed by atoms with Gasteiger partial charge in [0.15, 0.2) is 11.5 Å². The number of ketones is 1. The van der Waals surface area contributed by atoms with Gasteiger partial charge >= 0.3 is 0 Å². The molecule has 0 bridgehead atoms.